The largest absolute Gasteiger partial charge is 0.330 e. The number of para-hydroxylation sites is 1. The summed E-state index contributed by atoms with van der Waals surface area (Å²) in [5.74, 6) is 0.834. The van der Waals surface area contributed by atoms with E-state index in [1.165, 1.54) is 11.8 Å². The minimum absolute atomic E-state index is 0.0549. The average molecular weight is 329 g/mol. The van der Waals surface area contributed by atoms with Crippen molar-refractivity contribution < 1.29 is 4.79 Å². The fourth-order valence-electron chi connectivity index (χ4n) is 3.30. The van der Waals surface area contributed by atoms with E-state index in [-0.39, 0.29) is 5.78 Å². The molecule has 5 heteroatoms. The maximum atomic E-state index is 13.3. The van der Waals surface area contributed by atoms with Crippen molar-refractivity contribution in [1.82, 2.24) is 0 Å². The van der Waals surface area contributed by atoms with Gasteiger partial charge in [-0.1, -0.05) is 29.8 Å². The summed E-state index contributed by atoms with van der Waals surface area (Å²) in [7, 11) is 1.95. The molecule has 22 heavy (non-hydrogen) atoms. The number of halogens is 1. The van der Waals surface area contributed by atoms with Gasteiger partial charge in [-0.2, -0.15) is 0 Å². The average Bonchev–Trinajstić information content (AvgIpc) is 2.88. The Morgan fingerprint density at radius 2 is 2.00 bits per heavy atom. The molecule has 1 unspecified atom stereocenters. The molecule has 0 bridgehead atoms. The summed E-state index contributed by atoms with van der Waals surface area (Å²) in [4.78, 5) is 20.1. The van der Waals surface area contributed by atoms with Crippen molar-refractivity contribution in [1.29, 1.82) is 0 Å². The first kappa shape index (κ1) is 13.9. The third kappa shape index (κ3) is 1.54. The molecule has 2 aliphatic rings. The number of aliphatic imine (C=N–C) groups is 1. The number of rotatable bonds is 1. The van der Waals surface area contributed by atoms with Crippen molar-refractivity contribution in [2.75, 3.05) is 18.2 Å². The van der Waals surface area contributed by atoms with Crippen LogP contribution in [0.4, 0.5) is 11.4 Å². The van der Waals surface area contributed by atoms with Crippen LogP contribution in [0.2, 0.25) is 5.02 Å². The number of fused-ring (bicyclic) bond motifs is 4. The number of carbonyl (C=O) groups is 1. The van der Waals surface area contributed by atoms with Crippen molar-refractivity contribution in [3.63, 3.8) is 0 Å². The number of benzene rings is 2. The van der Waals surface area contributed by atoms with Gasteiger partial charge in [-0.05, 0) is 30.5 Å². The van der Waals surface area contributed by atoms with Crippen molar-refractivity contribution in [3.05, 3.63) is 58.6 Å². The fourth-order valence-corrected chi connectivity index (χ4v) is 4.52. The first-order chi connectivity index (χ1) is 10.6. The third-order valence-corrected chi connectivity index (χ3v) is 5.77. The summed E-state index contributed by atoms with van der Waals surface area (Å²) in [6, 6.07) is 13.3. The van der Waals surface area contributed by atoms with Gasteiger partial charge >= 0.3 is 0 Å². The normalized spacial score (nSPS) is 22.0. The van der Waals surface area contributed by atoms with Crippen molar-refractivity contribution in [2.45, 2.75) is 4.75 Å². The van der Waals surface area contributed by atoms with Gasteiger partial charge < -0.3 is 4.90 Å². The molecule has 0 aliphatic carbocycles. The minimum atomic E-state index is -0.775. The lowest BCUT2D eigenvalue weighted by atomic mass is 9.85. The highest BCUT2D eigenvalue weighted by atomic mass is 35.5. The molecule has 0 saturated heterocycles. The van der Waals surface area contributed by atoms with Crippen LogP contribution < -0.4 is 4.90 Å². The van der Waals surface area contributed by atoms with Gasteiger partial charge in [-0.15, -0.1) is 11.8 Å². The molecule has 0 spiro atoms. The lowest BCUT2D eigenvalue weighted by molar-refractivity contribution is 0.0968. The minimum Gasteiger partial charge on any atom is -0.330 e. The van der Waals surface area contributed by atoms with Crippen LogP contribution in [0.1, 0.15) is 15.9 Å². The summed E-state index contributed by atoms with van der Waals surface area (Å²) in [6.45, 7) is 0. The number of nitrogens with zero attached hydrogens (tertiary/aromatic N) is 2. The van der Waals surface area contributed by atoms with Gasteiger partial charge in [-0.3, -0.25) is 4.79 Å². The Kier molecular flexibility index (Phi) is 2.90. The van der Waals surface area contributed by atoms with Crippen LogP contribution >= 0.6 is 23.4 Å². The Bertz CT molecular complexity index is 848. The Hall–Kier alpha value is -1.78. The zero-order chi connectivity index (χ0) is 15.5. The topological polar surface area (TPSA) is 32.7 Å². The number of Topliss-reactive ketones (excluding diaryl/α,β-unsaturated/α-hetero) is 1. The van der Waals surface area contributed by atoms with Crippen LogP contribution in [0, 0.1) is 0 Å². The van der Waals surface area contributed by atoms with Crippen LogP contribution in [0.5, 0.6) is 0 Å². The van der Waals surface area contributed by atoms with E-state index in [0.29, 0.717) is 10.6 Å². The Balaban J connectivity index is 2.06. The maximum Gasteiger partial charge on any atom is 0.193 e. The summed E-state index contributed by atoms with van der Waals surface area (Å²) in [5.41, 5.74) is 3.33. The van der Waals surface area contributed by atoms with Crippen LogP contribution in [-0.4, -0.2) is 24.9 Å². The number of amidine groups is 1. The van der Waals surface area contributed by atoms with Crippen molar-refractivity contribution in [2.24, 2.45) is 4.99 Å². The first-order valence-electron chi connectivity index (χ1n) is 6.91. The summed E-state index contributed by atoms with van der Waals surface area (Å²) >= 11 is 7.64. The van der Waals surface area contributed by atoms with Crippen LogP contribution in [0.25, 0.3) is 0 Å². The highest BCUT2D eigenvalue weighted by molar-refractivity contribution is 8.01. The molecular weight excluding hydrogens is 316 g/mol. The number of anilines is 1. The first-order valence-corrected chi connectivity index (χ1v) is 8.52. The SMILES string of the molecule is CSC12C(=O)c3cc(Cl)ccc3N(C)C1=Nc1ccccc12. The highest BCUT2D eigenvalue weighted by Crippen LogP contribution is 2.53. The van der Waals surface area contributed by atoms with Gasteiger partial charge in [-0.25, -0.2) is 4.99 Å². The number of hydrogen-bond acceptors (Lipinski definition) is 4. The van der Waals surface area contributed by atoms with E-state index in [9.17, 15) is 4.79 Å². The van der Waals surface area contributed by atoms with Gasteiger partial charge in [0.2, 0.25) is 0 Å². The van der Waals surface area contributed by atoms with Crippen LogP contribution in [-0.2, 0) is 4.75 Å². The second-order valence-electron chi connectivity index (χ2n) is 5.39. The second-order valence-corrected chi connectivity index (χ2v) is 6.84. The summed E-state index contributed by atoms with van der Waals surface area (Å²) in [6.07, 6.45) is 1.96. The molecule has 2 heterocycles. The molecule has 0 fully saturated rings. The van der Waals surface area contributed by atoms with Crippen LogP contribution in [0.3, 0.4) is 0 Å². The molecule has 0 saturated carbocycles. The lowest BCUT2D eigenvalue weighted by Gasteiger charge is -2.39. The van der Waals surface area contributed by atoms with Crippen LogP contribution in [0.15, 0.2) is 47.5 Å². The molecule has 4 rings (SSSR count). The number of ketones is 1. The molecule has 0 N–H and O–H groups in total. The molecule has 0 aromatic heterocycles. The number of hydrogen-bond donors (Lipinski definition) is 0. The van der Waals surface area contributed by atoms with Gasteiger partial charge in [0.15, 0.2) is 10.5 Å². The number of carbonyl (C=O) groups excluding carboxylic acids is 1. The fraction of sp³-hybridized carbons (Fsp3) is 0.176. The second kappa shape index (κ2) is 4.61. The Morgan fingerprint density at radius 1 is 1.23 bits per heavy atom. The highest BCUT2D eigenvalue weighted by Gasteiger charge is 2.54. The monoisotopic (exact) mass is 328 g/mol. The van der Waals surface area contributed by atoms with E-state index in [1.807, 2.05) is 48.5 Å². The molecular formula is C17H13ClN2OS. The quantitative estimate of drug-likeness (QED) is 0.783. The van der Waals surface area contributed by atoms with E-state index in [4.69, 9.17) is 16.6 Å². The smallest absolute Gasteiger partial charge is 0.193 e. The molecule has 2 aromatic rings. The Morgan fingerprint density at radius 3 is 2.77 bits per heavy atom. The van der Waals surface area contributed by atoms with E-state index in [0.717, 1.165) is 22.8 Å². The summed E-state index contributed by atoms with van der Waals surface area (Å²) < 4.78 is -0.775. The zero-order valence-corrected chi connectivity index (χ0v) is 13.7. The van der Waals surface area contributed by atoms with E-state index >= 15 is 0 Å². The molecule has 1 atom stereocenters. The predicted molar refractivity (Wildman–Crippen MR) is 92.9 cm³/mol. The molecule has 3 nitrogen and oxygen atoms in total. The lowest BCUT2D eigenvalue weighted by Crippen LogP contribution is -2.50. The maximum absolute atomic E-state index is 13.3. The van der Waals surface area contributed by atoms with E-state index < -0.39 is 4.75 Å². The van der Waals surface area contributed by atoms with Gasteiger partial charge in [0.1, 0.15) is 5.84 Å². The standard InChI is InChI=1S/C17H13ClN2OS/c1-20-14-8-7-10(18)9-11(14)15(21)17(22-2)12-5-3-4-6-13(12)19-16(17)20/h3-9H,1-2H3. The number of likely N-dealkylation sites (N-methyl/N-ethyl adjacent to an activating group) is 1. The van der Waals surface area contributed by atoms with Gasteiger partial charge in [0.25, 0.3) is 0 Å². The molecule has 110 valence electrons. The van der Waals surface area contributed by atoms with Crippen molar-refractivity contribution in [3.8, 4) is 0 Å². The van der Waals surface area contributed by atoms with Gasteiger partial charge in [0, 0.05) is 23.2 Å². The molecule has 0 amide bonds. The number of thioether (sulfide) groups is 1. The zero-order valence-electron chi connectivity index (χ0n) is 12.1. The Labute approximate surface area is 138 Å². The van der Waals surface area contributed by atoms with E-state index in [2.05, 4.69) is 0 Å². The third-order valence-electron chi connectivity index (χ3n) is 4.33. The van der Waals surface area contributed by atoms with E-state index in [1.54, 1.807) is 12.1 Å². The van der Waals surface area contributed by atoms with Gasteiger partial charge in [0.05, 0.1) is 11.4 Å². The van der Waals surface area contributed by atoms with Crippen molar-refractivity contribution >= 4 is 46.4 Å². The predicted octanol–water partition coefficient (Wildman–Crippen LogP) is 4.27. The molecule has 0 radical (unpaired) electrons. The molecule has 2 aromatic carbocycles. The summed E-state index contributed by atoms with van der Waals surface area (Å²) in [5, 5.41) is 0.573. The molecule has 2 aliphatic heterocycles.